The van der Waals surface area contributed by atoms with Crippen molar-refractivity contribution < 1.29 is 21.6 Å². The first-order valence-corrected chi connectivity index (χ1v) is 8.01. The summed E-state index contributed by atoms with van der Waals surface area (Å²) in [6.45, 7) is 1.13. The van der Waals surface area contributed by atoms with Crippen LogP contribution >= 0.6 is 11.6 Å². The molecule has 21 heavy (non-hydrogen) atoms. The molecule has 1 aliphatic rings. The third kappa shape index (κ3) is 3.33. The monoisotopic (exact) mass is 342 g/mol. The predicted octanol–water partition coefficient (Wildman–Crippen LogP) is 2.34. The highest BCUT2D eigenvalue weighted by Gasteiger charge is 2.35. The highest BCUT2D eigenvalue weighted by atomic mass is 35.5. The van der Waals surface area contributed by atoms with Crippen molar-refractivity contribution in [2.45, 2.75) is 23.5 Å². The highest BCUT2D eigenvalue weighted by molar-refractivity contribution is 7.89. The molecule has 0 spiro atoms. The molecular formula is C12H14ClF3N2O2S. The Morgan fingerprint density at radius 1 is 1.38 bits per heavy atom. The molecule has 1 fully saturated rings. The van der Waals surface area contributed by atoms with Crippen molar-refractivity contribution in [3.8, 4) is 0 Å². The Balaban J connectivity index is 2.44. The first kappa shape index (κ1) is 16.5. The fourth-order valence-electron chi connectivity index (χ4n) is 2.18. The Morgan fingerprint density at radius 3 is 2.57 bits per heavy atom. The number of nitrogens with one attached hydrogen (secondary N) is 1. The molecule has 4 nitrogen and oxygen atoms in total. The van der Waals surface area contributed by atoms with E-state index in [-0.39, 0.29) is 11.1 Å². The van der Waals surface area contributed by atoms with Crippen molar-refractivity contribution >= 4 is 21.6 Å². The van der Waals surface area contributed by atoms with Gasteiger partial charge in [-0.05, 0) is 31.2 Å². The van der Waals surface area contributed by atoms with Crippen molar-refractivity contribution in [1.29, 1.82) is 0 Å². The molecule has 0 amide bonds. The van der Waals surface area contributed by atoms with Crippen molar-refractivity contribution in [2.24, 2.45) is 0 Å². The zero-order chi connectivity index (χ0) is 15.8. The van der Waals surface area contributed by atoms with Gasteiger partial charge in [-0.2, -0.15) is 17.5 Å². The van der Waals surface area contributed by atoms with Gasteiger partial charge in [0.15, 0.2) is 0 Å². The highest BCUT2D eigenvalue weighted by Crippen LogP contribution is 2.34. The summed E-state index contributed by atoms with van der Waals surface area (Å²) in [6, 6.07) is 2.01. The maximum absolute atomic E-state index is 12.7. The number of halogens is 4. The molecule has 1 aromatic rings. The van der Waals surface area contributed by atoms with E-state index in [9.17, 15) is 21.6 Å². The lowest BCUT2D eigenvalue weighted by Gasteiger charge is -2.24. The molecule has 1 aromatic carbocycles. The number of hydrogen-bond acceptors (Lipinski definition) is 3. The van der Waals surface area contributed by atoms with Crippen molar-refractivity contribution in [1.82, 2.24) is 9.62 Å². The lowest BCUT2D eigenvalue weighted by atomic mass is 10.2. The van der Waals surface area contributed by atoms with Crippen LogP contribution in [0, 0.1) is 0 Å². The fraction of sp³-hybridized carbons (Fsp3) is 0.500. The van der Waals surface area contributed by atoms with Crippen LogP contribution in [0.2, 0.25) is 5.02 Å². The maximum atomic E-state index is 12.7. The summed E-state index contributed by atoms with van der Waals surface area (Å²) < 4.78 is 64.2. The number of benzene rings is 1. The van der Waals surface area contributed by atoms with Crippen LogP contribution in [-0.4, -0.2) is 38.9 Å². The second-order valence-electron chi connectivity index (χ2n) is 4.81. The Kier molecular flexibility index (Phi) is 4.53. The minimum absolute atomic E-state index is 0.221. The zero-order valence-corrected chi connectivity index (χ0v) is 12.7. The van der Waals surface area contributed by atoms with Gasteiger partial charge in [0, 0.05) is 19.6 Å². The van der Waals surface area contributed by atoms with E-state index in [0.717, 1.165) is 16.4 Å². The summed E-state index contributed by atoms with van der Waals surface area (Å²) in [4.78, 5) is -0.520. The molecule has 0 aromatic heterocycles. The number of sulfonamides is 1. The van der Waals surface area contributed by atoms with Crippen LogP contribution in [0.15, 0.2) is 23.1 Å². The van der Waals surface area contributed by atoms with Gasteiger partial charge in [-0.1, -0.05) is 11.6 Å². The standard InChI is InChI=1S/C12H14ClF3N2O2S/c1-18(9-4-5-17-7-9)21(19,20)11-6-8(12(14,15)16)2-3-10(11)13/h2-3,6,9,17H,4-5,7H2,1H3/t9-/m0/s1. The van der Waals surface area contributed by atoms with Crippen LogP contribution in [0.1, 0.15) is 12.0 Å². The molecule has 9 heteroatoms. The number of hydrogen-bond donors (Lipinski definition) is 1. The van der Waals surface area contributed by atoms with Gasteiger partial charge in [0.2, 0.25) is 10.0 Å². The zero-order valence-electron chi connectivity index (χ0n) is 11.1. The van der Waals surface area contributed by atoms with Crippen molar-refractivity contribution in [3.63, 3.8) is 0 Å². The van der Waals surface area contributed by atoms with E-state index in [2.05, 4.69) is 5.32 Å². The Morgan fingerprint density at radius 2 is 2.05 bits per heavy atom. The number of rotatable bonds is 3. The first-order chi connectivity index (χ1) is 9.64. The van der Waals surface area contributed by atoms with Gasteiger partial charge < -0.3 is 5.32 Å². The molecule has 1 saturated heterocycles. The molecule has 1 N–H and O–H groups in total. The SMILES string of the molecule is CN([C@H]1CCNC1)S(=O)(=O)c1cc(C(F)(F)F)ccc1Cl. The van der Waals surface area contributed by atoms with E-state index in [1.807, 2.05) is 0 Å². The third-order valence-electron chi connectivity index (χ3n) is 3.46. The van der Waals surface area contributed by atoms with E-state index >= 15 is 0 Å². The number of alkyl halides is 3. The van der Waals surface area contributed by atoms with Gasteiger partial charge in [-0.3, -0.25) is 0 Å². The average molecular weight is 343 g/mol. The summed E-state index contributed by atoms with van der Waals surface area (Å²) in [6.07, 6.45) is -4.02. The van der Waals surface area contributed by atoms with Crippen LogP contribution in [0.25, 0.3) is 0 Å². The van der Waals surface area contributed by atoms with Crippen LogP contribution in [0.3, 0.4) is 0 Å². The van der Waals surface area contributed by atoms with Gasteiger partial charge in [0.1, 0.15) is 4.90 Å². The van der Waals surface area contributed by atoms with Gasteiger partial charge in [0.05, 0.1) is 10.6 Å². The quantitative estimate of drug-likeness (QED) is 0.917. The largest absolute Gasteiger partial charge is 0.416 e. The Hall–Kier alpha value is -0.830. The Bertz CT molecular complexity index is 628. The van der Waals surface area contributed by atoms with Crippen LogP contribution in [0.4, 0.5) is 13.2 Å². The van der Waals surface area contributed by atoms with Gasteiger partial charge in [0.25, 0.3) is 0 Å². The predicted molar refractivity (Wildman–Crippen MR) is 72.7 cm³/mol. The van der Waals surface area contributed by atoms with Crippen molar-refractivity contribution in [3.05, 3.63) is 28.8 Å². The van der Waals surface area contributed by atoms with E-state index in [1.165, 1.54) is 7.05 Å². The second kappa shape index (κ2) is 5.75. The number of likely N-dealkylation sites (N-methyl/N-ethyl adjacent to an activating group) is 1. The van der Waals surface area contributed by atoms with Gasteiger partial charge in [-0.25, -0.2) is 8.42 Å². The molecule has 2 rings (SSSR count). The third-order valence-corrected chi connectivity index (χ3v) is 5.86. The lowest BCUT2D eigenvalue weighted by molar-refractivity contribution is -0.137. The van der Waals surface area contributed by atoms with Crippen molar-refractivity contribution in [2.75, 3.05) is 20.1 Å². The van der Waals surface area contributed by atoms with E-state index in [0.29, 0.717) is 25.6 Å². The fourth-order valence-corrected chi connectivity index (χ4v) is 4.06. The molecule has 118 valence electrons. The second-order valence-corrected chi connectivity index (χ2v) is 7.18. The smallest absolute Gasteiger partial charge is 0.315 e. The molecule has 0 bridgehead atoms. The minimum atomic E-state index is -4.62. The maximum Gasteiger partial charge on any atom is 0.416 e. The topological polar surface area (TPSA) is 49.4 Å². The van der Waals surface area contributed by atoms with E-state index < -0.39 is 26.7 Å². The van der Waals surface area contributed by atoms with Gasteiger partial charge >= 0.3 is 6.18 Å². The molecule has 0 unspecified atom stereocenters. The number of nitrogens with zero attached hydrogens (tertiary/aromatic N) is 1. The molecular weight excluding hydrogens is 329 g/mol. The molecule has 0 radical (unpaired) electrons. The summed E-state index contributed by atoms with van der Waals surface area (Å²) in [5.74, 6) is 0. The normalized spacial score (nSPS) is 20.2. The first-order valence-electron chi connectivity index (χ1n) is 6.19. The summed E-state index contributed by atoms with van der Waals surface area (Å²) in [5.41, 5.74) is -1.04. The molecule has 1 atom stereocenters. The van der Waals surface area contributed by atoms with Crippen LogP contribution in [-0.2, 0) is 16.2 Å². The summed E-state index contributed by atoms with van der Waals surface area (Å²) in [7, 11) is -2.72. The average Bonchev–Trinajstić information content (AvgIpc) is 2.90. The van der Waals surface area contributed by atoms with Gasteiger partial charge in [-0.15, -0.1) is 0 Å². The van der Waals surface area contributed by atoms with E-state index in [1.54, 1.807) is 0 Å². The van der Waals surface area contributed by atoms with Crippen LogP contribution in [0.5, 0.6) is 0 Å². The molecule has 1 aliphatic heterocycles. The summed E-state index contributed by atoms with van der Waals surface area (Å²) in [5, 5.41) is 2.79. The molecule has 1 heterocycles. The van der Waals surface area contributed by atoms with E-state index in [4.69, 9.17) is 11.6 Å². The Labute approximate surface area is 125 Å². The summed E-state index contributed by atoms with van der Waals surface area (Å²) >= 11 is 5.79. The molecule has 0 saturated carbocycles. The lowest BCUT2D eigenvalue weighted by Crippen LogP contribution is -2.38. The minimum Gasteiger partial charge on any atom is -0.315 e. The molecule has 0 aliphatic carbocycles. The van der Waals surface area contributed by atoms with Crippen LogP contribution < -0.4 is 5.32 Å².